The molecule has 132 valence electrons. The first kappa shape index (κ1) is 18.0. The number of amides is 1. The summed E-state index contributed by atoms with van der Waals surface area (Å²) in [5, 5.41) is 12.2. The average molecular weight is 328 g/mol. The summed E-state index contributed by atoms with van der Waals surface area (Å²) in [6.45, 7) is 8.90. The number of carbonyl (C=O) groups is 2. The van der Waals surface area contributed by atoms with Gasteiger partial charge in [-0.15, -0.1) is 0 Å². The quantitative estimate of drug-likeness (QED) is 0.815. The molecule has 2 fully saturated rings. The van der Waals surface area contributed by atoms with Crippen LogP contribution in [0.1, 0.15) is 47.0 Å². The van der Waals surface area contributed by atoms with E-state index < -0.39 is 23.2 Å². The van der Waals surface area contributed by atoms with Crippen LogP contribution >= 0.6 is 0 Å². The van der Waals surface area contributed by atoms with E-state index in [0.717, 1.165) is 12.8 Å². The maximum atomic E-state index is 12.0. The minimum Gasteiger partial charge on any atom is -0.479 e. The second kappa shape index (κ2) is 6.65. The van der Waals surface area contributed by atoms with Gasteiger partial charge in [0.1, 0.15) is 5.60 Å². The van der Waals surface area contributed by atoms with Crippen molar-refractivity contribution in [3.8, 4) is 0 Å². The van der Waals surface area contributed by atoms with Gasteiger partial charge < -0.3 is 19.9 Å². The molecule has 7 nitrogen and oxygen atoms in total. The Hall–Kier alpha value is -1.34. The van der Waals surface area contributed by atoms with Crippen molar-refractivity contribution >= 4 is 12.1 Å². The fourth-order valence-electron chi connectivity index (χ4n) is 3.18. The van der Waals surface area contributed by atoms with Crippen molar-refractivity contribution in [2.45, 2.75) is 70.3 Å². The zero-order valence-electron chi connectivity index (χ0n) is 14.4. The van der Waals surface area contributed by atoms with Crippen LogP contribution in [0.15, 0.2) is 0 Å². The maximum Gasteiger partial charge on any atom is 0.408 e. The fourth-order valence-corrected chi connectivity index (χ4v) is 3.18. The lowest BCUT2D eigenvalue weighted by Crippen LogP contribution is -2.57. The lowest BCUT2D eigenvalue weighted by Gasteiger charge is -2.29. The number of carboxylic acids is 1. The van der Waals surface area contributed by atoms with E-state index in [1.54, 1.807) is 20.8 Å². The predicted octanol–water partition coefficient (Wildman–Crippen LogP) is 1.61. The number of hydrogen-bond acceptors (Lipinski definition) is 5. The lowest BCUT2D eigenvalue weighted by atomic mass is 9.99. The molecule has 2 aliphatic rings. The van der Waals surface area contributed by atoms with E-state index in [4.69, 9.17) is 9.47 Å². The molecular weight excluding hydrogens is 300 g/mol. The molecule has 0 aromatic carbocycles. The Morgan fingerprint density at radius 3 is 2.61 bits per heavy atom. The van der Waals surface area contributed by atoms with Crippen LogP contribution in [0.4, 0.5) is 4.79 Å². The first-order chi connectivity index (χ1) is 10.6. The number of nitrogens with one attached hydrogen (secondary N) is 1. The number of aliphatic carboxylic acids is 1. The summed E-state index contributed by atoms with van der Waals surface area (Å²) in [5.74, 6) is -1.02. The molecule has 2 N–H and O–H groups in total. The van der Waals surface area contributed by atoms with E-state index in [2.05, 4.69) is 12.2 Å². The van der Waals surface area contributed by atoms with Gasteiger partial charge in [-0.05, 0) is 47.0 Å². The molecule has 0 radical (unpaired) electrons. The largest absolute Gasteiger partial charge is 0.479 e. The van der Waals surface area contributed by atoms with E-state index in [1.165, 1.54) is 0 Å². The van der Waals surface area contributed by atoms with Gasteiger partial charge in [0.05, 0.1) is 12.2 Å². The Morgan fingerprint density at radius 1 is 1.39 bits per heavy atom. The number of carboxylic acid groups (broad SMARTS) is 1. The van der Waals surface area contributed by atoms with Gasteiger partial charge in [0.15, 0.2) is 5.54 Å². The maximum absolute atomic E-state index is 12.0. The van der Waals surface area contributed by atoms with Crippen molar-refractivity contribution in [1.29, 1.82) is 0 Å². The van der Waals surface area contributed by atoms with Gasteiger partial charge in [0, 0.05) is 19.6 Å². The highest BCUT2D eigenvalue weighted by atomic mass is 16.6. The number of rotatable bonds is 4. The summed E-state index contributed by atoms with van der Waals surface area (Å²) in [7, 11) is 0. The molecular formula is C16H28N2O5. The Labute approximate surface area is 137 Å². The summed E-state index contributed by atoms with van der Waals surface area (Å²) >= 11 is 0. The summed E-state index contributed by atoms with van der Waals surface area (Å²) < 4.78 is 11.0. The van der Waals surface area contributed by atoms with Crippen molar-refractivity contribution < 1.29 is 24.2 Å². The van der Waals surface area contributed by atoms with Crippen LogP contribution in [-0.4, -0.2) is 65.1 Å². The smallest absolute Gasteiger partial charge is 0.408 e. The highest BCUT2D eigenvalue weighted by Gasteiger charge is 2.47. The molecule has 2 saturated heterocycles. The molecule has 2 aliphatic heterocycles. The summed E-state index contributed by atoms with van der Waals surface area (Å²) in [6, 6.07) is 0. The molecule has 7 heteroatoms. The van der Waals surface area contributed by atoms with Crippen LogP contribution in [0.2, 0.25) is 0 Å². The number of nitrogens with zero attached hydrogens (tertiary/aromatic N) is 1. The zero-order valence-corrected chi connectivity index (χ0v) is 14.4. The van der Waals surface area contributed by atoms with Gasteiger partial charge in [-0.1, -0.05) is 0 Å². The zero-order chi connectivity index (χ0) is 17.3. The van der Waals surface area contributed by atoms with Crippen molar-refractivity contribution in [2.24, 2.45) is 0 Å². The van der Waals surface area contributed by atoms with Gasteiger partial charge in [0.25, 0.3) is 0 Å². The van der Waals surface area contributed by atoms with Crippen molar-refractivity contribution in [1.82, 2.24) is 10.2 Å². The van der Waals surface area contributed by atoms with Crippen LogP contribution < -0.4 is 5.32 Å². The van der Waals surface area contributed by atoms with E-state index in [9.17, 15) is 14.7 Å². The summed E-state index contributed by atoms with van der Waals surface area (Å²) in [5.41, 5.74) is -1.94. The number of ether oxygens (including phenoxy) is 2. The molecule has 0 spiro atoms. The van der Waals surface area contributed by atoms with Crippen LogP contribution in [0.3, 0.4) is 0 Å². The molecule has 0 saturated carbocycles. The molecule has 0 aromatic rings. The molecule has 3 unspecified atom stereocenters. The number of hydrogen-bond donors (Lipinski definition) is 2. The van der Waals surface area contributed by atoms with Gasteiger partial charge in [0.2, 0.25) is 0 Å². The normalized spacial score (nSPS) is 32.0. The van der Waals surface area contributed by atoms with Crippen molar-refractivity contribution in [2.75, 3.05) is 19.6 Å². The molecule has 2 rings (SSSR count). The second-order valence-electron chi connectivity index (χ2n) is 7.65. The molecule has 0 bridgehead atoms. The Balaban J connectivity index is 1.94. The van der Waals surface area contributed by atoms with E-state index in [1.807, 2.05) is 4.90 Å². The van der Waals surface area contributed by atoms with Gasteiger partial charge in [-0.2, -0.15) is 0 Å². The molecule has 1 amide bonds. The van der Waals surface area contributed by atoms with Crippen LogP contribution in [0, 0.1) is 0 Å². The average Bonchev–Trinajstić information content (AvgIpc) is 2.95. The first-order valence-electron chi connectivity index (χ1n) is 8.22. The summed E-state index contributed by atoms with van der Waals surface area (Å²) in [6.07, 6.45) is 2.13. The third-order valence-corrected chi connectivity index (χ3v) is 4.28. The molecule has 23 heavy (non-hydrogen) atoms. The van der Waals surface area contributed by atoms with Crippen LogP contribution in [0.25, 0.3) is 0 Å². The van der Waals surface area contributed by atoms with Gasteiger partial charge >= 0.3 is 12.1 Å². The SMILES string of the molecule is CC1CCC(CN2CCC(NC(=O)OC(C)(C)C)(C(=O)O)C2)O1. The highest BCUT2D eigenvalue weighted by Crippen LogP contribution is 2.26. The number of likely N-dealkylation sites (tertiary alicyclic amines) is 1. The highest BCUT2D eigenvalue weighted by molar-refractivity contribution is 5.85. The van der Waals surface area contributed by atoms with E-state index >= 15 is 0 Å². The predicted molar refractivity (Wildman–Crippen MR) is 84.4 cm³/mol. The Morgan fingerprint density at radius 2 is 2.09 bits per heavy atom. The Kier molecular flexibility index (Phi) is 5.20. The second-order valence-corrected chi connectivity index (χ2v) is 7.65. The van der Waals surface area contributed by atoms with E-state index in [-0.39, 0.29) is 18.8 Å². The van der Waals surface area contributed by atoms with Crippen LogP contribution in [-0.2, 0) is 14.3 Å². The first-order valence-corrected chi connectivity index (χ1v) is 8.22. The van der Waals surface area contributed by atoms with Crippen molar-refractivity contribution in [3.05, 3.63) is 0 Å². The fraction of sp³-hybridized carbons (Fsp3) is 0.875. The lowest BCUT2D eigenvalue weighted by molar-refractivity contribution is -0.144. The molecule has 0 aliphatic carbocycles. The third-order valence-electron chi connectivity index (χ3n) is 4.28. The minimum absolute atomic E-state index is 0.149. The standard InChI is InChI=1S/C16H28N2O5/c1-11-5-6-12(22-11)9-18-8-7-16(10-18,13(19)20)17-14(21)23-15(2,3)4/h11-12H,5-10H2,1-4H3,(H,17,21)(H,19,20). The summed E-state index contributed by atoms with van der Waals surface area (Å²) in [4.78, 5) is 25.8. The van der Waals surface area contributed by atoms with Gasteiger partial charge in [-0.25, -0.2) is 9.59 Å². The van der Waals surface area contributed by atoms with Crippen molar-refractivity contribution in [3.63, 3.8) is 0 Å². The van der Waals surface area contributed by atoms with Gasteiger partial charge in [-0.3, -0.25) is 4.90 Å². The molecule has 2 heterocycles. The number of carbonyl (C=O) groups excluding carboxylic acids is 1. The Bertz CT molecular complexity index is 462. The monoisotopic (exact) mass is 328 g/mol. The topological polar surface area (TPSA) is 88.1 Å². The van der Waals surface area contributed by atoms with E-state index in [0.29, 0.717) is 19.5 Å². The van der Waals surface area contributed by atoms with Crippen LogP contribution in [0.5, 0.6) is 0 Å². The minimum atomic E-state index is -1.29. The third kappa shape index (κ3) is 4.81. The number of alkyl carbamates (subject to hydrolysis) is 1. The molecule has 3 atom stereocenters. The molecule has 0 aromatic heterocycles.